The van der Waals surface area contributed by atoms with Crippen LogP contribution in [0.3, 0.4) is 0 Å². The summed E-state index contributed by atoms with van der Waals surface area (Å²) in [7, 11) is 0. The van der Waals surface area contributed by atoms with Gasteiger partial charge in [0.25, 0.3) is 5.91 Å². The monoisotopic (exact) mass is 217 g/mol. The molecule has 0 fully saturated rings. The van der Waals surface area contributed by atoms with Gasteiger partial charge in [-0.3, -0.25) is 4.79 Å². The number of hydrogen-bond acceptors (Lipinski definition) is 3. The third-order valence-corrected chi connectivity index (χ3v) is 2.21. The van der Waals surface area contributed by atoms with E-state index in [2.05, 4.69) is 0 Å². The Morgan fingerprint density at radius 1 is 1.07 bits per heavy atom. The lowest BCUT2D eigenvalue weighted by Crippen LogP contribution is -2.36. The number of hydroxylamine groups is 2. The molecule has 0 aromatic carbocycles. The molecule has 4 nitrogen and oxygen atoms in total. The molecule has 15 heavy (non-hydrogen) atoms. The Bertz CT molecular complexity index is 173. The van der Waals surface area contributed by atoms with Crippen LogP contribution in [-0.2, 0) is 14.5 Å². The minimum absolute atomic E-state index is 0.00967. The molecule has 0 aliphatic rings. The van der Waals surface area contributed by atoms with Gasteiger partial charge in [0.2, 0.25) is 0 Å². The lowest BCUT2D eigenvalue weighted by Gasteiger charge is -2.25. The molecule has 2 atom stereocenters. The molecule has 0 heterocycles. The van der Waals surface area contributed by atoms with Crippen molar-refractivity contribution in [3.8, 4) is 0 Å². The van der Waals surface area contributed by atoms with Gasteiger partial charge in [-0.05, 0) is 26.7 Å². The van der Waals surface area contributed by atoms with Gasteiger partial charge in [0.15, 0.2) is 0 Å². The van der Waals surface area contributed by atoms with E-state index in [-0.39, 0.29) is 18.1 Å². The predicted octanol–water partition coefficient (Wildman–Crippen LogP) is 2.69. The lowest BCUT2D eigenvalue weighted by molar-refractivity contribution is -0.371. The zero-order valence-corrected chi connectivity index (χ0v) is 10.4. The highest BCUT2D eigenvalue weighted by Crippen LogP contribution is 2.08. The maximum atomic E-state index is 11.5. The van der Waals surface area contributed by atoms with Crippen molar-refractivity contribution in [1.29, 1.82) is 0 Å². The number of rotatable bonds is 7. The minimum Gasteiger partial charge on any atom is -0.270 e. The minimum atomic E-state index is -0.143. The van der Waals surface area contributed by atoms with Crippen LogP contribution in [0.5, 0.6) is 0 Å². The SMILES string of the molecule is CCC(=O)N(OC(C)CC)OC(C)CC. The molecule has 90 valence electrons. The van der Waals surface area contributed by atoms with E-state index in [1.165, 1.54) is 0 Å². The zero-order valence-electron chi connectivity index (χ0n) is 10.4. The molecular formula is C11H23NO3. The van der Waals surface area contributed by atoms with E-state index < -0.39 is 0 Å². The topological polar surface area (TPSA) is 38.8 Å². The van der Waals surface area contributed by atoms with Gasteiger partial charge in [-0.15, -0.1) is 0 Å². The summed E-state index contributed by atoms with van der Waals surface area (Å²) in [6.07, 6.45) is 2.05. The van der Waals surface area contributed by atoms with Crippen molar-refractivity contribution in [2.24, 2.45) is 0 Å². The smallest absolute Gasteiger partial charge is 0.270 e. The average molecular weight is 217 g/mol. The van der Waals surface area contributed by atoms with Crippen LogP contribution in [0.4, 0.5) is 0 Å². The first kappa shape index (κ1) is 14.4. The molecule has 2 unspecified atom stereocenters. The number of carbonyl (C=O) groups excluding carboxylic acids is 1. The lowest BCUT2D eigenvalue weighted by atomic mass is 10.3. The molecule has 0 saturated heterocycles. The van der Waals surface area contributed by atoms with Crippen molar-refractivity contribution >= 4 is 5.91 Å². The van der Waals surface area contributed by atoms with E-state index in [4.69, 9.17) is 9.68 Å². The fraction of sp³-hybridized carbons (Fsp3) is 0.909. The van der Waals surface area contributed by atoms with Crippen molar-refractivity contribution in [3.05, 3.63) is 0 Å². The van der Waals surface area contributed by atoms with Crippen molar-refractivity contribution in [2.45, 2.75) is 66.1 Å². The van der Waals surface area contributed by atoms with Gasteiger partial charge >= 0.3 is 0 Å². The Morgan fingerprint density at radius 2 is 1.47 bits per heavy atom. The maximum absolute atomic E-state index is 11.5. The highest BCUT2D eigenvalue weighted by Gasteiger charge is 2.18. The second-order valence-electron chi connectivity index (χ2n) is 3.65. The summed E-state index contributed by atoms with van der Waals surface area (Å²) < 4.78 is 0. The van der Waals surface area contributed by atoms with Gasteiger partial charge in [0.05, 0.1) is 12.2 Å². The Morgan fingerprint density at radius 3 is 1.73 bits per heavy atom. The molecule has 4 heteroatoms. The van der Waals surface area contributed by atoms with Gasteiger partial charge in [-0.2, -0.15) is 0 Å². The molecule has 1 amide bonds. The summed E-state index contributed by atoms with van der Waals surface area (Å²) >= 11 is 0. The molecule has 0 saturated carbocycles. The Balaban J connectivity index is 4.24. The van der Waals surface area contributed by atoms with E-state index >= 15 is 0 Å². The van der Waals surface area contributed by atoms with Gasteiger partial charge in [0, 0.05) is 6.42 Å². The van der Waals surface area contributed by atoms with Gasteiger partial charge in [0.1, 0.15) is 0 Å². The highest BCUT2D eigenvalue weighted by molar-refractivity contribution is 5.73. The number of nitrogens with zero attached hydrogens (tertiary/aromatic N) is 1. The normalized spacial score (nSPS) is 14.7. The van der Waals surface area contributed by atoms with Crippen LogP contribution in [0, 0.1) is 0 Å². The Labute approximate surface area is 92.4 Å². The largest absolute Gasteiger partial charge is 0.273 e. The molecule has 0 aliphatic heterocycles. The standard InChI is InChI=1S/C11H23NO3/c1-6-9(4)14-12(11(13)8-3)15-10(5)7-2/h9-10H,6-8H2,1-5H3. The zero-order chi connectivity index (χ0) is 11.8. The van der Waals surface area contributed by atoms with Gasteiger partial charge in [-0.25, -0.2) is 9.68 Å². The summed E-state index contributed by atoms with van der Waals surface area (Å²) in [6, 6.07) is 0. The van der Waals surface area contributed by atoms with Crippen molar-refractivity contribution in [1.82, 2.24) is 5.23 Å². The number of carbonyl (C=O) groups is 1. The van der Waals surface area contributed by atoms with Crippen LogP contribution in [0.15, 0.2) is 0 Å². The van der Waals surface area contributed by atoms with Crippen molar-refractivity contribution < 1.29 is 14.5 Å². The quantitative estimate of drug-likeness (QED) is 0.615. The molecule has 0 spiro atoms. The fourth-order valence-electron chi connectivity index (χ4n) is 0.747. The third-order valence-electron chi connectivity index (χ3n) is 2.21. The van der Waals surface area contributed by atoms with Crippen molar-refractivity contribution in [3.63, 3.8) is 0 Å². The van der Waals surface area contributed by atoms with Crippen LogP contribution in [0.2, 0.25) is 0 Å². The predicted molar refractivity (Wildman–Crippen MR) is 58.8 cm³/mol. The average Bonchev–Trinajstić information content (AvgIpc) is 2.26. The van der Waals surface area contributed by atoms with E-state index in [1.807, 2.05) is 27.7 Å². The molecule has 0 aliphatic carbocycles. The highest BCUT2D eigenvalue weighted by atomic mass is 17.0. The molecule has 0 N–H and O–H groups in total. The fourth-order valence-corrected chi connectivity index (χ4v) is 0.747. The van der Waals surface area contributed by atoms with Crippen LogP contribution < -0.4 is 0 Å². The molecule has 0 bridgehead atoms. The van der Waals surface area contributed by atoms with E-state index in [1.54, 1.807) is 6.92 Å². The summed E-state index contributed by atoms with van der Waals surface area (Å²) in [6.45, 7) is 9.62. The Hall–Kier alpha value is -0.610. The first-order valence-corrected chi connectivity index (χ1v) is 5.71. The summed E-state index contributed by atoms with van der Waals surface area (Å²) in [5, 5.41) is 1.04. The van der Waals surface area contributed by atoms with Crippen LogP contribution in [-0.4, -0.2) is 23.3 Å². The van der Waals surface area contributed by atoms with Crippen LogP contribution in [0.1, 0.15) is 53.9 Å². The summed E-state index contributed by atoms with van der Waals surface area (Å²) in [5.74, 6) is -0.143. The van der Waals surface area contributed by atoms with Crippen LogP contribution in [0.25, 0.3) is 0 Å². The second kappa shape index (κ2) is 7.65. The van der Waals surface area contributed by atoms with Gasteiger partial charge < -0.3 is 0 Å². The first-order chi connectivity index (χ1) is 7.04. The van der Waals surface area contributed by atoms with E-state index in [9.17, 15) is 4.79 Å². The molecular weight excluding hydrogens is 194 g/mol. The molecule has 0 radical (unpaired) electrons. The summed E-state index contributed by atoms with van der Waals surface area (Å²) in [5.41, 5.74) is 0. The number of hydrogen-bond donors (Lipinski definition) is 0. The first-order valence-electron chi connectivity index (χ1n) is 5.71. The second-order valence-corrected chi connectivity index (χ2v) is 3.65. The van der Waals surface area contributed by atoms with Crippen molar-refractivity contribution in [2.75, 3.05) is 0 Å². The van der Waals surface area contributed by atoms with E-state index in [0.29, 0.717) is 6.42 Å². The Kier molecular flexibility index (Phi) is 7.34. The molecule has 0 aromatic rings. The molecule has 0 rings (SSSR count). The van der Waals surface area contributed by atoms with Gasteiger partial charge in [-0.1, -0.05) is 26.0 Å². The summed E-state index contributed by atoms with van der Waals surface area (Å²) in [4.78, 5) is 22.3. The third kappa shape index (κ3) is 5.74. The molecule has 0 aromatic heterocycles. The van der Waals surface area contributed by atoms with Crippen LogP contribution >= 0.6 is 0 Å². The maximum Gasteiger partial charge on any atom is 0.273 e. The van der Waals surface area contributed by atoms with E-state index in [0.717, 1.165) is 18.1 Å². The number of amides is 1.